The molecule has 5 heteroatoms. The zero-order valence-electron chi connectivity index (χ0n) is 14.3. The molecule has 26 heavy (non-hydrogen) atoms. The molecule has 1 saturated heterocycles. The Morgan fingerprint density at radius 1 is 1.19 bits per heavy atom. The number of thiophene rings is 1. The van der Waals surface area contributed by atoms with E-state index in [0.717, 1.165) is 30.0 Å². The second-order valence-electron chi connectivity index (χ2n) is 6.78. The fraction of sp³-hybridized carbons (Fsp3) is 0.286. The van der Waals surface area contributed by atoms with Crippen molar-refractivity contribution in [3.63, 3.8) is 0 Å². The van der Waals surface area contributed by atoms with Crippen LogP contribution in [0.3, 0.4) is 0 Å². The molecule has 4 rings (SSSR count). The lowest BCUT2D eigenvalue weighted by molar-refractivity contribution is -0.143. The molecule has 3 nitrogen and oxygen atoms in total. The number of aliphatic carboxylic acids is 1. The maximum Gasteiger partial charge on any atom is 0.307 e. The topological polar surface area (TPSA) is 40.5 Å². The number of hydrogen-bond acceptors (Lipinski definition) is 3. The quantitative estimate of drug-likeness (QED) is 0.650. The number of halogens is 1. The van der Waals surface area contributed by atoms with Crippen molar-refractivity contribution in [2.45, 2.75) is 18.9 Å². The Kier molecular flexibility index (Phi) is 4.98. The van der Waals surface area contributed by atoms with Crippen LogP contribution < -0.4 is 0 Å². The molecule has 0 radical (unpaired) electrons. The zero-order chi connectivity index (χ0) is 18.1. The van der Waals surface area contributed by atoms with Crippen molar-refractivity contribution in [3.05, 3.63) is 70.1 Å². The van der Waals surface area contributed by atoms with E-state index in [4.69, 9.17) is 11.6 Å². The SMILES string of the molecule is O=C(O)C1CCCN(C(c2cc3ccccc3s2)c2ccccc2Cl)C1. The van der Waals surface area contributed by atoms with E-state index in [0.29, 0.717) is 6.54 Å². The Hall–Kier alpha value is -1.88. The summed E-state index contributed by atoms with van der Waals surface area (Å²) in [5, 5.41) is 11.4. The second-order valence-corrected chi connectivity index (χ2v) is 8.31. The van der Waals surface area contributed by atoms with Gasteiger partial charge in [0.1, 0.15) is 0 Å². The molecular weight excluding hydrogens is 366 g/mol. The lowest BCUT2D eigenvalue weighted by Crippen LogP contribution is -2.41. The molecule has 0 amide bonds. The summed E-state index contributed by atoms with van der Waals surface area (Å²) >= 11 is 8.31. The van der Waals surface area contributed by atoms with Crippen molar-refractivity contribution >= 4 is 39.0 Å². The van der Waals surface area contributed by atoms with Crippen molar-refractivity contribution in [1.82, 2.24) is 4.90 Å². The number of carbonyl (C=O) groups is 1. The molecule has 0 bridgehead atoms. The fourth-order valence-electron chi connectivity index (χ4n) is 3.81. The summed E-state index contributed by atoms with van der Waals surface area (Å²) in [6, 6.07) is 18.5. The van der Waals surface area contributed by atoms with Crippen LogP contribution in [0.15, 0.2) is 54.6 Å². The molecule has 1 N–H and O–H groups in total. The van der Waals surface area contributed by atoms with Crippen molar-refractivity contribution in [2.24, 2.45) is 5.92 Å². The summed E-state index contributed by atoms with van der Waals surface area (Å²) in [5.41, 5.74) is 1.05. The number of likely N-dealkylation sites (tertiary alicyclic amines) is 1. The van der Waals surface area contributed by atoms with Gasteiger partial charge in [-0.15, -0.1) is 11.3 Å². The van der Waals surface area contributed by atoms with Crippen LogP contribution in [0.5, 0.6) is 0 Å². The minimum Gasteiger partial charge on any atom is -0.481 e. The molecule has 1 aromatic heterocycles. The predicted molar refractivity (Wildman–Crippen MR) is 107 cm³/mol. The molecule has 1 aliphatic rings. The van der Waals surface area contributed by atoms with Gasteiger partial charge in [0.15, 0.2) is 0 Å². The zero-order valence-corrected chi connectivity index (χ0v) is 15.8. The molecule has 2 unspecified atom stereocenters. The van der Waals surface area contributed by atoms with Gasteiger partial charge in [0.05, 0.1) is 12.0 Å². The van der Waals surface area contributed by atoms with Gasteiger partial charge in [-0.25, -0.2) is 0 Å². The first-order valence-electron chi connectivity index (χ1n) is 8.83. The molecule has 3 aromatic rings. The summed E-state index contributed by atoms with van der Waals surface area (Å²) < 4.78 is 1.24. The molecule has 134 valence electrons. The molecule has 2 aromatic carbocycles. The molecule has 1 fully saturated rings. The first-order valence-corrected chi connectivity index (χ1v) is 10.0. The van der Waals surface area contributed by atoms with Crippen LogP contribution in [0.4, 0.5) is 0 Å². The normalized spacial score (nSPS) is 19.5. The van der Waals surface area contributed by atoms with Crippen molar-refractivity contribution in [3.8, 4) is 0 Å². The van der Waals surface area contributed by atoms with Gasteiger partial charge >= 0.3 is 5.97 Å². The van der Waals surface area contributed by atoms with Gasteiger partial charge in [0.25, 0.3) is 0 Å². The van der Waals surface area contributed by atoms with Crippen LogP contribution in [-0.2, 0) is 4.79 Å². The highest BCUT2D eigenvalue weighted by Crippen LogP contribution is 2.40. The van der Waals surface area contributed by atoms with Gasteiger partial charge in [-0.05, 0) is 48.5 Å². The third-order valence-electron chi connectivity index (χ3n) is 5.08. The fourth-order valence-corrected chi connectivity index (χ4v) is 5.26. The average molecular weight is 386 g/mol. The molecule has 0 aliphatic carbocycles. The smallest absolute Gasteiger partial charge is 0.307 e. The molecule has 2 atom stereocenters. The standard InChI is InChI=1S/C21H20ClNO2S/c22-17-9-3-2-8-16(17)20(23-11-5-7-15(13-23)21(24)25)19-12-14-6-1-4-10-18(14)26-19/h1-4,6,8-10,12,15,20H,5,7,11,13H2,(H,24,25). The molecule has 0 spiro atoms. The Morgan fingerprint density at radius 2 is 1.96 bits per heavy atom. The van der Waals surface area contributed by atoms with Gasteiger partial charge < -0.3 is 5.11 Å². The number of piperidine rings is 1. The third kappa shape index (κ3) is 3.37. The Labute approximate surface area is 161 Å². The molecular formula is C21H20ClNO2S. The molecule has 0 saturated carbocycles. The number of hydrogen-bond donors (Lipinski definition) is 1. The minimum atomic E-state index is -0.705. The first-order chi connectivity index (χ1) is 12.6. The maximum atomic E-state index is 11.6. The van der Waals surface area contributed by atoms with Crippen molar-refractivity contribution in [1.29, 1.82) is 0 Å². The van der Waals surface area contributed by atoms with Gasteiger partial charge in [-0.3, -0.25) is 9.69 Å². The number of carboxylic acids is 1. The van der Waals surface area contributed by atoms with Crippen LogP contribution >= 0.6 is 22.9 Å². The number of nitrogens with zero attached hydrogens (tertiary/aromatic N) is 1. The van der Waals surface area contributed by atoms with Crippen LogP contribution in [0, 0.1) is 5.92 Å². The van der Waals surface area contributed by atoms with Crippen LogP contribution in [0.2, 0.25) is 5.02 Å². The Bertz CT molecular complexity index is 905. The largest absolute Gasteiger partial charge is 0.481 e. The average Bonchev–Trinajstić information content (AvgIpc) is 3.07. The van der Waals surface area contributed by atoms with Gasteiger partial charge in [-0.1, -0.05) is 48.0 Å². The highest BCUT2D eigenvalue weighted by atomic mass is 35.5. The number of carboxylic acid groups (broad SMARTS) is 1. The van der Waals surface area contributed by atoms with Gasteiger partial charge in [0, 0.05) is 21.1 Å². The Morgan fingerprint density at radius 3 is 2.73 bits per heavy atom. The summed E-state index contributed by atoms with van der Waals surface area (Å²) in [4.78, 5) is 15.1. The van der Waals surface area contributed by atoms with E-state index in [1.807, 2.05) is 24.3 Å². The van der Waals surface area contributed by atoms with Gasteiger partial charge in [-0.2, -0.15) is 0 Å². The monoisotopic (exact) mass is 385 g/mol. The van der Waals surface area contributed by atoms with Crippen molar-refractivity contribution < 1.29 is 9.90 Å². The highest BCUT2D eigenvalue weighted by Gasteiger charge is 2.32. The lowest BCUT2D eigenvalue weighted by Gasteiger charge is -2.37. The minimum absolute atomic E-state index is 0.0109. The number of fused-ring (bicyclic) bond motifs is 1. The third-order valence-corrected chi connectivity index (χ3v) is 6.59. The summed E-state index contributed by atoms with van der Waals surface area (Å²) in [6.07, 6.45) is 1.64. The van der Waals surface area contributed by atoms with E-state index in [9.17, 15) is 9.90 Å². The number of benzene rings is 2. The number of rotatable bonds is 4. The first kappa shape index (κ1) is 17.5. The van der Waals surface area contributed by atoms with E-state index in [1.54, 1.807) is 11.3 Å². The van der Waals surface area contributed by atoms with Gasteiger partial charge in [0.2, 0.25) is 0 Å². The second kappa shape index (κ2) is 7.39. The van der Waals surface area contributed by atoms with E-state index in [1.165, 1.54) is 15.0 Å². The van der Waals surface area contributed by atoms with Crippen molar-refractivity contribution in [2.75, 3.05) is 13.1 Å². The molecule has 2 heterocycles. The highest BCUT2D eigenvalue weighted by molar-refractivity contribution is 7.19. The van der Waals surface area contributed by atoms with Crippen LogP contribution in [0.25, 0.3) is 10.1 Å². The van der Waals surface area contributed by atoms with Crippen LogP contribution in [0.1, 0.15) is 29.3 Å². The molecule has 1 aliphatic heterocycles. The van der Waals surface area contributed by atoms with E-state index in [-0.39, 0.29) is 12.0 Å². The maximum absolute atomic E-state index is 11.6. The van der Waals surface area contributed by atoms with E-state index in [2.05, 4.69) is 35.2 Å². The summed E-state index contributed by atoms with van der Waals surface area (Å²) in [6.45, 7) is 1.44. The summed E-state index contributed by atoms with van der Waals surface area (Å²) in [5.74, 6) is -1.02. The van der Waals surface area contributed by atoms with E-state index < -0.39 is 5.97 Å². The predicted octanol–water partition coefficient (Wildman–Crippen LogP) is 5.44. The summed E-state index contributed by atoms with van der Waals surface area (Å²) in [7, 11) is 0. The lowest BCUT2D eigenvalue weighted by atomic mass is 9.94. The van der Waals surface area contributed by atoms with Crippen LogP contribution in [-0.4, -0.2) is 29.1 Å². The Balaban J connectivity index is 1.79. The van der Waals surface area contributed by atoms with E-state index >= 15 is 0 Å².